The van der Waals surface area contributed by atoms with Gasteiger partial charge in [-0.3, -0.25) is 5.10 Å². The lowest BCUT2D eigenvalue weighted by Gasteiger charge is -2.17. The number of nitrogens with one attached hydrogen (secondary N) is 3. The SMILES string of the molecule is Cc1nc(C(NS(=O)(=O)c2ccc(S(=O)(=O)NC3CC3)cc2)c2ccccc2)n[nH]1. The number of hydrogen-bond acceptors (Lipinski definition) is 6. The van der Waals surface area contributed by atoms with Crippen molar-refractivity contribution in [2.75, 3.05) is 0 Å². The molecule has 1 aliphatic rings. The minimum absolute atomic E-state index is 0.0255. The van der Waals surface area contributed by atoms with Crippen LogP contribution in [0.3, 0.4) is 0 Å². The molecule has 0 radical (unpaired) electrons. The summed E-state index contributed by atoms with van der Waals surface area (Å²) in [4.78, 5) is 4.23. The topological polar surface area (TPSA) is 134 Å². The van der Waals surface area contributed by atoms with Crippen molar-refractivity contribution >= 4 is 20.0 Å². The molecular weight excluding hydrogens is 426 g/mol. The maximum atomic E-state index is 13.0. The van der Waals surface area contributed by atoms with Gasteiger partial charge >= 0.3 is 0 Å². The van der Waals surface area contributed by atoms with Crippen molar-refractivity contribution in [3.63, 3.8) is 0 Å². The molecule has 0 bridgehead atoms. The predicted molar refractivity (Wildman–Crippen MR) is 110 cm³/mol. The maximum Gasteiger partial charge on any atom is 0.241 e. The Morgan fingerprint density at radius 3 is 2.07 bits per heavy atom. The molecule has 158 valence electrons. The Balaban J connectivity index is 1.61. The minimum atomic E-state index is -3.98. The molecule has 1 saturated carbocycles. The molecular formula is C19H21N5O4S2. The first-order chi connectivity index (χ1) is 14.2. The van der Waals surface area contributed by atoms with Crippen molar-refractivity contribution in [1.82, 2.24) is 24.6 Å². The Morgan fingerprint density at radius 2 is 1.53 bits per heavy atom. The van der Waals surface area contributed by atoms with E-state index in [2.05, 4.69) is 24.6 Å². The summed E-state index contributed by atoms with van der Waals surface area (Å²) in [5.74, 6) is 0.845. The summed E-state index contributed by atoms with van der Waals surface area (Å²) >= 11 is 0. The Bertz CT molecular complexity index is 1240. The first-order valence-electron chi connectivity index (χ1n) is 9.33. The Morgan fingerprint density at radius 1 is 0.933 bits per heavy atom. The lowest BCUT2D eigenvalue weighted by molar-refractivity contribution is 0.566. The van der Waals surface area contributed by atoms with Crippen LogP contribution in [0.5, 0.6) is 0 Å². The van der Waals surface area contributed by atoms with Crippen molar-refractivity contribution in [2.45, 2.75) is 41.6 Å². The number of hydrogen-bond donors (Lipinski definition) is 3. The maximum absolute atomic E-state index is 13.0. The monoisotopic (exact) mass is 447 g/mol. The molecule has 11 heteroatoms. The van der Waals surface area contributed by atoms with Crippen LogP contribution in [0.4, 0.5) is 0 Å². The number of sulfonamides is 2. The molecule has 0 amide bonds. The van der Waals surface area contributed by atoms with Gasteiger partial charge < -0.3 is 0 Å². The van der Waals surface area contributed by atoms with Gasteiger partial charge in [0, 0.05) is 6.04 Å². The molecule has 3 aromatic rings. The molecule has 1 aromatic heterocycles. The third-order valence-electron chi connectivity index (χ3n) is 4.62. The molecule has 30 heavy (non-hydrogen) atoms. The van der Waals surface area contributed by atoms with Gasteiger partial charge in [-0.1, -0.05) is 30.3 Å². The number of aromatic amines is 1. The fourth-order valence-corrected chi connectivity index (χ4v) is 5.40. The van der Waals surface area contributed by atoms with E-state index in [1.54, 1.807) is 31.2 Å². The first kappa shape index (κ1) is 20.7. The lowest BCUT2D eigenvalue weighted by Crippen LogP contribution is -2.30. The Labute approximate surface area is 175 Å². The van der Waals surface area contributed by atoms with Crippen molar-refractivity contribution in [1.29, 1.82) is 0 Å². The highest BCUT2D eigenvalue weighted by Gasteiger charge is 2.29. The summed E-state index contributed by atoms with van der Waals surface area (Å²) in [5, 5.41) is 6.82. The lowest BCUT2D eigenvalue weighted by atomic mass is 10.1. The molecule has 3 N–H and O–H groups in total. The van der Waals surface area contributed by atoms with Gasteiger partial charge in [0.2, 0.25) is 20.0 Å². The number of aromatic nitrogens is 3. The third kappa shape index (κ3) is 4.59. The van der Waals surface area contributed by atoms with Crippen molar-refractivity contribution in [2.24, 2.45) is 0 Å². The molecule has 1 aliphatic carbocycles. The summed E-state index contributed by atoms with van der Waals surface area (Å²) in [6.07, 6.45) is 1.63. The average molecular weight is 448 g/mol. The van der Waals surface area contributed by atoms with E-state index < -0.39 is 26.1 Å². The number of rotatable bonds is 8. The van der Waals surface area contributed by atoms with Gasteiger partial charge in [-0.2, -0.15) is 9.82 Å². The van der Waals surface area contributed by atoms with Crippen LogP contribution in [0.1, 0.15) is 36.1 Å². The van der Waals surface area contributed by atoms with E-state index >= 15 is 0 Å². The summed E-state index contributed by atoms with van der Waals surface area (Å²) in [7, 11) is -7.63. The second-order valence-corrected chi connectivity index (χ2v) is 10.5. The molecule has 0 saturated heterocycles. The molecule has 1 fully saturated rings. The van der Waals surface area contributed by atoms with Crippen LogP contribution < -0.4 is 9.44 Å². The van der Waals surface area contributed by atoms with E-state index in [9.17, 15) is 16.8 Å². The van der Waals surface area contributed by atoms with Crippen LogP contribution in [0.25, 0.3) is 0 Å². The van der Waals surface area contributed by atoms with Crippen LogP contribution in [-0.2, 0) is 20.0 Å². The second-order valence-electron chi connectivity index (χ2n) is 7.11. The van der Waals surface area contributed by atoms with Crippen LogP contribution >= 0.6 is 0 Å². The predicted octanol–water partition coefficient (Wildman–Crippen LogP) is 1.62. The third-order valence-corrected chi connectivity index (χ3v) is 7.60. The minimum Gasteiger partial charge on any atom is -0.263 e. The van der Waals surface area contributed by atoms with E-state index in [0.717, 1.165) is 12.8 Å². The summed E-state index contributed by atoms with van der Waals surface area (Å²) in [6.45, 7) is 1.72. The largest absolute Gasteiger partial charge is 0.263 e. The highest BCUT2D eigenvalue weighted by Crippen LogP contribution is 2.24. The van der Waals surface area contributed by atoms with Gasteiger partial charge in [0.1, 0.15) is 11.9 Å². The molecule has 9 nitrogen and oxygen atoms in total. The number of H-pyrrole nitrogens is 1. The van der Waals surface area contributed by atoms with Crippen molar-refractivity contribution in [3.8, 4) is 0 Å². The van der Waals surface area contributed by atoms with Gasteiger partial charge in [0.15, 0.2) is 5.82 Å². The average Bonchev–Trinajstić information content (AvgIpc) is 3.43. The zero-order valence-corrected chi connectivity index (χ0v) is 17.7. The second kappa shape index (κ2) is 7.91. The van der Waals surface area contributed by atoms with Crippen LogP contribution in [0.15, 0.2) is 64.4 Å². The summed E-state index contributed by atoms with van der Waals surface area (Å²) in [6, 6.07) is 13.2. The normalized spacial score (nSPS) is 15.8. The van der Waals surface area contributed by atoms with E-state index in [1.165, 1.54) is 24.3 Å². The molecule has 4 rings (SSSR count). The highest BCUT2D eigenvalue weighted by atomic mass is 32.2. The quantitative estimate of drug-likeness (QED) is 0.480. The van der Waals surface area contributed by atoms with Crippen LogP contribution in [0.2, 0.25) is 0 Å². The fourth-order valence-electron chi connectivity index (χ4n) is 2.91. The fraction of sp³-hybridized carbons (Fsp3) is 0.263. The summed E-state index contributed by atoms with van der Waals surface area (Å²) in [5.41, 5.74) is 0.674. The van der Waals surface area contributed by atoms with Crippen LogP contribution in [-0.4, -0.2) is 38.1 Å². The number of aryl methyl sites for hydroxylation is 1. The van der Waals surface area contributed by atoms with E-state index in [0.29, 0.717) is 11.4 Å². The van der Waals surface area contributed by atoms with E-state index in [4.69, 9.17) is 0 Å². The van der Waals surface area contributed by atoms with Gasteiger partial charge in [0.25, 0.3) is 0 Å². The highest BCUT2D eigenvalue weighted by molar-refractivity contribution is 7.90. The van der Waals surface area contributed by atoms with Gasteiger partial charge in [-0.15, -0.1) is 0 Å². The Kier molecular flexibility index (Phi) is 5.45. The van der Waals surface area contributed by atoms with Gasteiger partial charge in [-0.05, 0) is 49.6 Å². The molecule has 1 unspecified atom stereocenters. The van der Waals surface area contributed by atoms with Crippen molar-refractivity contribution < 1.29 is 16.8 Å². The van der Waals surface area contributed by atoms with Crippen LogP contribution in [0, 0.1) is 6.92 Å². The first-order valence-corrected chi connectivity index (χ1v) is 12.3. The standard InChI is InChI=1S/C19H21N5O4S2/c1-13-20-19(22-21-13)18(14-5-3-2-4-6-14)24-30(27,28)17-11-9-16(10-12-17)29(25,26)23-15-7-8-15/h2-6,9-12,15,18,23-24H,7-8H2,1H3,(H,20,21,22). The Hall–Kier alpha value is -2.60. The van der Waals surface area contributed by atoms with Gasteiger partial charge in [-0.25, -0.2) is 26.5 Å². The molecule has 1 atom stereocenters. The molecule has 1 heterocycles. The van der Waals surface area contributed by atoms with E-state index in [1.807, 2.05) is 6.07 Å². The van der Waals surface area contributed by atoms with Gasteiger partial charge in [0.05, 0.1) is 9.79 Å². The number of benzene rings is 2. The van der Waals surface area contributed by atoms with E-state index in [-0.39, 0.29) is 21.7 Å². The molecule has 0 aliphatic heterocycles. The zero-order chi connectivity index (χ0) is 21.4. The van der Waals surface area contributed by atoms with Crippen molar-refractivity contribution in [3.05, 3.63) is 71.8 Å². The molecule has 2 aromatic carbocycles. The molecule has 0 spiro atoms. The summed E-state index contributed by atoms with van der Waals surface area (Å²) < 4.78 is 55.8. The zero-order valence-electron chi connectivity index (χ0n) is 16.1. The number of nitrogens with zero attached hydrogens (tertiary/aromatic N) is 2. The smallest absolute Gasteiger partial charge is 0.241 e.